The van der Waals surface area contributed by atoms with Crippen LogP contribution < -0.4 is 10.1 Å². The van der Waals surface area contributed by atoms with Gasteiger partial charge >= 0.3 is 0 Å². The lowest BCUT2D eigenvalue weighted by Crippen LogP contribution is -2.36. The summed E-state index contributed by atoms with van der Waals surface area (Å²) in [5.74, 6) is 1.81. The molecule has 2 aromatic carbocycles. The summed E-state index contributed by atoms with van der Waals surface area (Å²) in [7, 11) is 1.66. The lowest BCUT2D eigenvalue weighted by Gasteiger charge is -2.39. The minimum atomic E-state index is -0.187. The van der Waals surface area contributed by atoms with Crippen molar-refractivity contribution in [3.63, 3.8) is 0 Å². The van der Waals surface area contributed by atoms with E-state index in [-0.39, 0.29) is 17.2 Å². The molecule has 1 aromatic heterocycles. The highest BCUT2D eigenvalue weighted by Gasteiger charge is 2.41. The highest BCUT2D eigenvalue weighted by atomic mass is 16.5. The summed E-state index contributed by atoms with van der Waals surface area (Å²) in [5, 5.41) is 3.48. The Morgan fingerprint density at radius 3 is 2.61 bits per heavy atom. The van der Waals surface area contributed by atoms with E-state index < -0.39 is 0 Å². The van der Waals surface area contributed by atoms with Gasteiger partial charge < -0.3 is 10.1 Å². The molecule has 1 N–H and O–H groups in total. The van der Waals surface area contributed by atoms with Gasteiger partial charge in [-0.2, -0.15) is 0 Å². The number of imidazole rings is 1. The third kappa shape index (κ3) is 2.53. The molecule has 0 radical (unpaired) electrons. The van der Waals surface area contributed by atoms with Crippen LogP contribution in [0.4, 0.5) is 5.95 Å². The van der Waals surface area contributed by atoms with Gasteiger partial charge in [0.15, 0.2) is 5.78 Å². The lowest BCUT2D eigenvalue weighted by atomic mass is 9.73. The number of hydrogen-bond acceptors (Lipinski definition) is 4. The fourth-order valence-electron chi connectivity index (χ4n) is 4.52. The zero-order valence-corrected chi connectivity index (χ0v) is 16.3. The van der Waals surface area contributed by atoms with Gasteiger partial charge in [0.05, 0.1) is 24.2 Å². The average molecular weight is 373 g/mol. The van der Waals surface area contributed by atoms with Crippen LogP contribution in [-0.4, -0.2) is 22.4 Å². The number of Topliss-reactive ketones (excluding diaryl/α,β-unsaturated/α-hetero) is 1. The molecule has 28 heavy (non-hydrogen) atoms. The Morgan fingerprint density at radius 1 is 1.11 bits per heavy atom. The molecular formula is C23H23N3O2. The van der Waals surface area contributed by atoms with Crippen LogP contribution in [0.15, 0.2) is 59.8 Å². The molecule has 0 bridgehead atoms. The van der Waals surface area contributed by atoms with Crippen molar-refractivity contribution in [2.75, 3.05) is 12.4 Å². The van der Waals surface area contributed by atoms with E-state index in [1.807, 2.05) is 42.5 Å². The van der Waals surface area contributed by atoms with Gasteiger partial charge in [0, 0.05) is 17.7 Å². The van der Waals surface area contributed by atoms with Crippen molar-refractivity contribution < 1.29 is 9.53 Å². The number of para-hydroxylation sites is 2. The predicted molar refractivity (Wildman–Crippen MR) is 110 cm³/mol. The average Bonchev–Trinajstić information content (AvgIpc) is 3.03. The van der Waals surface area contributed by atoms with Crippen molar-refractivity contribution in [1.82, 2.24) is 9.55 Å². The number of fused-ring (bicyclic) bond motifs is 3. The molecule has 3 aromatic rings. The highest BCUT2D eigenvalue weighted by Crippen LogP contribution is 2.47. The molecule has 2 aliphatic rings. The Hall–Kier alpha value is -3.08. The number of nitrogens with one attached hydrogen (secondary N) is 1. The molecule has 5 heteroatoms. The predicted octanol–water partition coefficient (Wildman–Crippen LogP) is 4.70. The molecule has 1 aliphatic heterocycles. The second kappa shape index (κ2) is 5.96. The van der Waals surface area contributed by atoms with Crippen LogP contribution in [0.25, 0.3) is 11.0 Å². The van der Waals surface area contributed by atoms with Gasteiger partial charge in [0.1, 0.15) is 5.75 Å². The van der Waals surface area contributed by atoms with E-state index in [9.17, 15) is 4.79 Å². The van der Waals surface area contributed by atoms with Gasteiger partial charge in [-0.05, 0) is 41.7 Å². The number of ether oxygens (including phenoxy) is 1. The smallest absolute Gasteiger partial charge is 0.209 e. The first kappa shape index (κ1) is 17.0. The van der Waals surface area contributed by atoms with E-state index in [2.05, 4.69) is 29.8 Å². The first-order valence-electron chi connectivity index (χ1n) is 9.61. The number of benzene rings is 2. The van der Waals surface area contributed by atoms with Crippen molar-refractivity contribution in [3.8, 4) is 5.75 Å². The number of carbonyl (C=O) groups excluding carboxylic acids is 1. The molecule has 2 heterocycles. The zero-order chi connectivity index (χ0) is 19.5. The van der Waals surface area contributed by atoms with E-state index in [0.717, 1.165) is 46.0 Å². The third-order valence-corrected chi connectivity index (χ3v) is 5.74. The van der Waals surface area contributed by atoms with E-state index in [1.165, 1.54) is 0 Å². The second-order valence-corrected chi connectivity index (χ2v) is 8.43. The topological polar surface area (TPSA) is 56.1 Å². The van der Waals surface area contributed by atoms with Crippen LogP contribution in [-0.2, 0) is 4.79 Å². The van der Waals surface area contributed by atoms with E-state index >= 15 is 0 Å². The van der Waals surface area contributed by atoms with Crippen molar-refractivity contribution in [2.24, 2.45) is 5.41 Å². The van der Waals surface area contributed by atoms with Crippen LogP contribution in [0.1, 0.15) is 38.3 Å². The summed E-state index contributed by atoms with van der Waals surface area (Å²) in [6.07, 6.45) is 1.39. The number of aromatic nitrogens is 2. The van der Waals surface area contributed by atoms with Crippen LogP contribution in [0.5, 0.6) is 5.75 Å². The normalized spacial score (nSPS) is 20.5. The molecule has 0 unspecified atom stereocenters. The number of carbonyl (C=O) groups is 1. The minimum Gasteiger partial charge on any atom is -0.497 e. The van der Waals surface area contributed by atoms with Crippen LogP contribution >= 0.6 is 0 Å². The maximum atomic E-state index is 13.3. The molecule has 142 valence electrons. The maximum absolute atomic E-state index is 13.3. The Labute approximate surface area is 164 Å². The summed E-state index contributed by atoms with van der Waals surface area (Å²) < 4.78 is 7.48. The molecule has 0 amide bonds. The Kier molecular flexibility index (Phi) is 3.63. The standard InChI is InChI=1S/C23H23N3O2/c1-23(2)12-17-20(19(27)13-23)21(14-8-10-15(28-3)11-9-14)26-18-7-5-4-6-16(18)24-22(26)25-17/h4-11,21H,12-13H2,1-3H3,(H,24,25)/t21-/m1/s1. The first-order valence-corrected chi connectivity index (χ1v) is 9.61. The number of ketones is 1. The second-order valence-electron chi connectivity index (χ2n) is 8.43. The molecule has 5 rings (SSSR count). The molecule has 1 aliphatic carbocycles. The molecule has 5 nitrogen and oxygen atoms in total. The van der Waals surface area contributed by atoms with E-state index in [1.54, 1.807) is 7.11 Å². The molecule has 0 fully saturated rings. The highest BCUT2D eigenvalue weighted by molar-refractivity contribution is 6.00. The monoisotopic (exact) mass is 373 g/mol. The van der Waals surface area contributed by atoms with Gasteiger partial charge in [-0.15, -0.1) is 0 Å². The Balaban J connectivity index is 1.76. The van der Waals surface area contributed by atoms with E-state index in [4.69, 9.17) is 9.72 Å². The number of anilines is 1. The van der Waals surface area contributed by atoms with Crippen molar-refractivity contribution in [1.29, 1.82) is 0 Å². The first-order chi connectivity index (χ1) is 13.5. The SMILES string of the molecule is COc1ccc([C@@H]2C3=C(CC(C)(C)CC3=O)Nc3nc4ccccc4n32)cc1. The lowest BCUT2D eigenvalue weighted by molar-refractivity contribution is -0.118. The Morgan fingerprint density at radius 2 is 1.86 bits per heavy atom. The number of allylic oxidation sites excluding steroid dienone is 2. The fourth-order valence-corrected chi connectivity index (χ4v) is 4.52. The van der Waals surface area contributed by atoms with Gasteiger partial charge in [-0.1, -0.05) is 38.1 Å². The van der Waals surface area contributed by atoms with Gasteiger partial charge in [0.25, 0.3) is 0 Å². The molecule has 1 atom stereocenters. The maximum Gasteiger partial charge on any atom is 0.209 e. The third-order valence-electron chi connectivity index (χ3n) is 5.74. The van der Waals surface area contributed by atoms with Gasteiger partial charge in [0.2, 0.25) is 5.95 Å². The number of nitrogens with zero attached hydrogens (tertiary/aromatic N) is 2. The molecule has 0 spiro atoms. The van der Waals surface area contributed by atoms with E-state index in [0.29, 0.717) is 6.42 Å². The summed E-state index contributed by atoms with van der Waals surface area (Å²) >= 11 is 0. The van der Waals surface area contributed by atoms with Crippen LogP contribution in [0, 0.1) is 5.41 Å². The van der Waals surface area contributed by atoms with Crippen molar-refractivity contribution in [3.05, 3.63) is 65.4 Å². The largest absolute Gasteiger partial charge is 0.497 e. The molecular weight excluding hydrogens is 350 g/mol. The Bertz CT molecular complexity index is 1120. The fraction of sp³-hybridized carbons (Fsp3) is 0.304. The molecule has 0 saturated heterocycles. The summed E-state index contributed by atoms with van der Waals surface area (Å²) in [5.41, 5.74) is 4.82. The van der Waals surface area contributed by atoms with Gasteiger partial charge in [-0.3, -0.25) is 9.36 Å². The van der Waals surface area contributed by atoms with Crippen molar-refractivity contribution >= 4 is 22.8 Å². The molecule has 0 saturated carbocycles. The minimum absolute atomic E-state index is 0.0540. The zero-order valence-electron chi connectivity index (χ0n) is 16.3. The summed E-state index contributed by atoms with van der Waals surface area (Å²) in [4.78, 5) is 18.1. The van der Waals surface area contributed by atoms with Crippen molar-refractivity contribution in [2.45, 2.75) is 32.7 Å². The van der Waals surface area contributed by atoms with Gasteiger partial charge in [-0.25, -0.2) is 4.98 Å². The quantitative estimate of drug-likeness (QED) is 0.707. The number of methoxy groups -OCH3 is 1. The van der Waals surface area contributed by atoms with Crippen LogP contribution in [0.3, 0.4) is 0 Å². The summed E-state index contributed by atoms with van der Waals surface area (Å²) in [6.45, 7) is 4.30. The summed E-state index contributed by atoms with van der Waals surface area (Å²) in [6, 6.07) is 15.9. The number of rotatable bonds is 2. The van der Waals surface area contributed by atoms with Crippen LogP contribution in [0.2, 0.25) is 0 Å². The number of hydrogen-bond donors (Lipinski definition) is 1.